The van der Waals surface area contributed by atoms with Crippen LogP contribution in [0.4, 0.5) is 0 Å². The van der Waals surface area contributed by atoms with Crippen molar-refractivity contribution in [3.8, 4) is 11.8 Å². The molecule has 108 valence electrons. The van der Waals surface area contributed by atoms with E-state index in [1.165, 1.54) is 11.3 Å². The van der Waals surface area contributed by atoms with Gasteiger partial charge in [0, 0.05) is 0 Å². The summed E-state index contributed by atoms with van der Waals surface area (Å²) in [6.45, 7) is -0.0666. The number of aliphatic hydroxyl groups excluding tert-OH is 1. The van der Waals surface area contributed by atoms with Crippen LogP contribution in [0.3, 0.4) is 0 Å². The summed E-state index contributed by atoms with van der Waals surface area (Å²) in [7, 11) is 0. The fourth-order valence-electron chi connectivity index (χ4n) is 1.96. The molecule has 5 heteroatoms. The van der Waals surface area contributed by atoms with E-state index >= 15 is 0 Å². The van der Waals surface area contributed by atoms with Crippen molar-refractivity contribution in [3.05, 3.63) is 65.4 Å². The van der Waals surface area contributed by atoms with E-state index in [-0.39, 0.29) is 17.9 Å². The molecule has 0 atom stereocenters. The Morgan fingerprint density at radius 3 is 2.59 bits per heavy atom. The first-order chi connectivity index (χ1) is 10.8. The van der Waals surface area contributed by atoms with Crippen molar-refractivity contribution in [1.29, 1.82) is 5.26 Å². The normalized spacial score (nSPS) is 11.8. The Balaban J connectivity index is 1.86. The molecule has 22 heavy (non-hydrogen) atoms. The van der Waals surface area contributed by atoms with Gasteiger partial charge in [-0.05, 0) is 24.3 Å². The van der Waals surface area contributed by atoms with Gasteiger partial charge in [0.15, 0.2) is 5.76 Å². The van der Waals surface area contributed by atoms with Gasteiger partial charge in [0.1, 0.15) is 29.0 Å². The van der Waals surface area contributed by atoms with Crippen molar-refractivity contribution in [3.63, 3.8) is 0 Å². The van der Waals surface area contributed by atoms with Crippen LogP contribution in [-0.2, 0) is 0 Å². The van der Waals surface area contributed by atoms with Crippen molar-refractivity contribution in [2.75, 3.05) is 6.61 Å². The standard InChI is InChI=1S/C17H12N2O2S/c18-10-13(15(20)11-21-12-6-2-1-3-7-12)17-19-14-8-4-5-9-16(14)22-17/h1-9,20H,11H2/b15-13-. The van der Waals surface area contributed by atoms with Crippen LogP contribution >= 0.6 is 11.3 Å². The van der Waals surface area contributed by atoms with Crippen LogP contribution in [0.25, 0.3) is 15.8 Å². The molecule has 0 radical (unpaired) electrons. The summed E-state index contributed by atoms with van der Waals surface area (Å²) in [5.74, 6) is 0.515. The first kappa shape index (κ1) is 14.1. The number of allylic oxidation sites excluding steroid dienone is 1. The van der Waals surface area contributed by atoms with Gasteiger partial charge >= 0.3 is 0 Å². The molecule has 1 heterocycles. The number of rotatable bonds is 4. The number of thiazole rings is 1. The Morgan fingerprint density at radius 2 is 1.86 bits per heavy atom. The summed E-state index contributed by atoms with van der Waals surface area (Å²) in [5.41, 5.74) is 0.962. The topological polar surface area (TPSA) is 66.1 Å². The minimum atomic E-state index is -0.120. The summed E-state index contributed by atoms with van der Waals surface area (Å²) in [6.07, 6.45) is 0. The predicted molar refractivity (Wildman–Crippen MR) is 86.7 cm³/mol. The third-order valence-electron chi connectivity index (χ3n) is 3.03. The number of nitriles is 1. The second-order valence-electron chi connectivity index (χ2n) is 4.52. The Bertz CT molecular complexity index is 830. The second kappa shape index (κ2) is 6.29. The third kappa shape index (κ3) is 2.92. The zero-order valence-electron chi connectivity index (χ0n) is 11.6. The van der Waals surface area contributed by atoms with Gasteiger partial charge in [-0.15, -0.1) is 11.3 Å². The van der Waals surface area contributed by atoms with Gasteiger partial charge in [-0.3, -0.25) is 0 Å². The van der Waals surface area contributed by atoms with Crippen molar-refractivity contribution in [2.45, 2.75) is 0 Å². The SMILES string of the molecule is N#C/C(=C(/O)COc1ccccc1)c1nc2ccccc2s1. The van der Waals surface area contributed by atoms with Crippen LogP contribution in [0.1, 0.15) is 5.01 Å². The molecule has 0 aliphatic rings. The lowest BCUT2D eigenvalue weighted by Crippen LogP contribution is -2.03. The quantitative estimate of drug-likeness (QED) is 0.580. The Morgan fingerprint density at radius 1 is 1.14 bits per heavy atom. The molecule has 3 aromatic rings. The van der Waals surface area contributed by atoms with E-state index in [0.29, 0.717) is 10.8 Å². The van der Waals surface area contributed by atoms with Crippen molar-refractivity contribution < 1.29 is 9.84 Å². The highest BCUT2D eigenvalue weighted by molar-refractivity contribution is 7.19. The lowest BCUT2D eigenvalue weighted by Gasteiger charge is -2.06. The van der Waals surface area contributed by atoms with Crippen LogP contribution in [0.5, 0.6) is 5.75 Å². The Kier molecular flexibility index (Phi) is 4.03. The van der Waals surface area contributed by atoms with E-state index in [4.69, 9.17) is 4.74 Å². The molecule has 4 nitrogen and oxygen atoms in total. The van der Waals surface area contributed by atoms with E-state index in [1.807, 2.05) is 48.5 Å². The summed E-state index contributed by atoms with van der Waals surface area (Å²) in [6, 6.07) is 18.8. The van der Waals surface area contributed by atoms with E-state index in [2.05, 4.69) is 4.98 Å². The molecule has 3 rings (SSSR count). The van der Waals surface area contributed by atoms with Gasteiger partial charge in [-0.2, -0.15) is 5.26 Å². The maximum absolute atomic E-state index is 10.1. The van der Waals surface area contributed by atoms with Gasteiger partial charge in [0.25, 0.3) is 0 Å². The zero-order valence-corrected chi connectivity index (χ0v) is 12.4. The average molecular weight is 308 g/mol. The van der Waals surface area contributed by atoms with Crippen molar-refractivity contribution in [2.24, 2.45) is 0 Å². The number of aliphatic hydroxyl groups is 1. The molecule has 0 fully saturated rings. The fraction of sp³-hybridized carbons (Fsp3) is 0.0588. The number of hydrogen-bond donors (Lipinski definition) is 1. The first-order valence-electron chi connectivity index (χ1n) is 6.64. The molecule has 0 unspecified atom stereocenters. The van der Waals surface area contributed by atoms with Crippen LogP contribution < -0.4 is 4.74 Å². The minimum Gasteiger partial charge on any atom is -0.507 e. The Hall–Kier alpha value is -2.84. The van der Waals surface area contributed by atoms with Gasteiger partial charge in [0.05, 0.1) is 10.2 Å². The molecule has 1 N–H and O–H groups in total. The molecular formula is C17H12N2O2S. The number of aromatic nitrogens is 1. The molecule has 0 saturated carbocycles. The predicted octanol–water partition coefficient (Wildman–Crippen LogP) is 4.17. The van der Waals surface area contributed by atoms with Gasteiger partial charge in [0.2, 0.25) is 0 Å². The highest BCUT2D eigenvalue weighted by Gasteiger charge is 2.14. The van der Waals surface area contributed by atoms with Gasteiger partial charge in [-0.25, -0.2) is 4.98 Å². The number of para-hydroxylation sites is 2. The molecular weight excluding hydrogens is 296 g/mol. The molecule has 0 spiro atoms. The smallest absolute Gasteiger partial charge is 0.151 e. The van der Waals surface area contributed by atoms with Crippen LogP contribution in [-0.4, -0.2) is 16.7 Å². The van der Waals surface area contributed by atoms with E-state index in [0.717, 1.165) is 10.2 Å². The number of fused-ring (bicyclic) bond motifs is 1. The van der Waals surface area contributed by atoms with Crippen molar-refractivity contribution in [1.82, 2.24) is 4.98 Å². The number of benzene rings is 2. The minimum absolute atomic E-state index is 0.0666. The summed E-state index contributed by atoms with van der Waals surface area (Å²) >= 11 is 1.37. The maximum Gasteiger partial charge on any atom is 0.151 e. The number of nitrogens with zero attached hydrogens (tertiary/aromatic N) is 2. The van der Waals surface area contributed by atoms with Gasteiger partial charge < -0.3 is 9.84 Å². The van der Waals surface area contributed by atoms with E-state index in [1.54, 1.807) is 12.1 Å². The lowest BCUT2D eigenvalue weighted by molar-refractivity contribution is 0.272. The number of hydrogen-bond acceptors (Lipinski definition) is 5. The van der Waals surface area contributed by atoms with Crippen LogP contribution in [0.2, 0.25) is 0 Å². The highest BCUT2D eigenvalue weighted by atomic mass is 32.1. The third-order valence-corrected chi connectivity index (χ3v) is 4.08. The monoisotopic (exact) mass is 308 g/mol. The summed E-state index contributed by atoms with van der Waals surface area (Å²) < 4.78 is 6.44. The van der Waals surface area contributed by atoms with E-state index < -0.39 is 0 Å². The fourth-order valence-corrected chi connectivity index (χ4v) is 2.94. The zero-order chi connectivity index (χ0) is 15.4. The molecule has 2 aromatic carbocycles. The summed E-state index contributed by atoms with van der Waals surface area (Å²) in [4.78, 5) is 4.38. The molecule has 0 aliphatic heterocycles. The molecule has 0 saturated heterocycles. The van der Waals surface area contributed by atoms with E-state index in [9.17, 15) is 10.4 Å². The molecule has 1 aromatic heterocycles. The first-order valence-corrected chi connectivity index (χ1v) is 7.45. The van der Waals surface area contributed by atoms with Crippen LogP contribution in [0, 0.1) is 11.3 Å². The summed E-state index contributed by atoms with van der Waals surface area (Å²) in [5, 5.41) is 20.0. The molecule has 0 bridgehead atoms. The Labute approximate surface area is 131 Å². The largest absolute Gasteiger partial charge is 0.507 e. The second-order valence-corrected chi connectivity index (χ2v) is 5.55. The average Bonchev–Trinajstić information content (AvgIpc) is 2.98. The lowest BCUT2D eigenvalue weighted by atomic mass is 10.2. The maximum atomic E-state index is 10.1. The number of ether oxygens (including phenoxy) is 1. The molecule has 0 amide bonds. The van der Waals surface area contributed by atoms with Crippen molar-refractivity contribution >= 4 is 27.1 Å². The van der Waals surface area contributed by atoms with Gasteiger partial charge in [-0.1, -0.05) is 30.3 Å². The molecule has 0 aliphatic carbocycles. The van der Waals surface area contributed by atoms with Crippen LogP contribution in [0.15, 0.2) is 60.4 Å². The highest BCUT2D eigenvalue weighted by Crippen LogP contribution is 2.28.